The van der Waals surface area contributed by atoms with Crippen LogP contribution in [-0.4, -0.2) is 23.6 Å². The maximum atomic E-state index is 6.22. The van der Waals surface area contributed by atoms with Crippen molar-refractivity contribution in [1.82, 2.24) is 10.3 Å². The van der Waals surface area contributed by atoms with Crippen LogP contribution in [0.15, 0.2) is 12.1 Å². The van der Waals surface area contributed by atoms with Gasteiger partial charge in [0.25, 0.3) is 0 Å². The number of nitrogens with zero attached hydrogens (tertiary/aromatic N) is 2. The third-order valence-corrected chi connectivity index (χ3v) is 4.23. The first kappa shape index (κ1) is 12.2. The van der Waals surface area contributed by atoms with E-state index in [9.17, 15) is 0 Å². The number of halogens is 1. The van der Waals surface area contributed by atoms with Crippen molar-refractivity contribution in [3.05, 3.63) is 22.8 Å². The molecule has 2 fully saturated rings. The van der Waals surface area contributed by atoms with Crippen LogP contribution in [-0.2, 0) is 6.54 Å². The molecule has 1 aliphatic heterocycles. The van der Waals surface area contributed by atoms with Gasteiger partial charge in [0.05, 0.1) is 10.7 Å². The maximum absolute atomic E-state index is 6.22. The molecule has 2 aliphatic rings. The lowest BCUT2D eigenvalue weighted by molar-refractivity contribution is 0.669. The predicted octanol–water partition coefficient (Wildman–Crippen LogP) is 2.98. The minimum absolute atomic E-state index is 0.600. The highest BCUT2D eigenvalue weighted by Gasteiger charge is 2.23. The molecule has 98 valence electrons. The Hall–Kier alpha value is -0.800. The van der Waals surface area contributed by atoms with Crippen LogP contribution in [0.25, 0.3) is 0 Å². The van der Waals surface area contributed by atoms with Crippen LogP contribution in [0.1, 0.15) is 38.3 Å². The van der Waals surface area contributed by atoms with E-state index in [1.165, 1.54) is 25.7 Å². The Kier molecular flexibility index (Phi) is 3.44. The van der Waals surface area contributed by atoms with E-state index >= 15 is 0 Å². The van der Waals surface area contributed by atoms with Crippen LogP contribution in [0.4, 0.5) is 5.82 Å². The van der Waals surface area contributed by atoms with Crippen LogP contribution in [0.3, 0.4) is 0 Å². The summed E-state index contributed by atoms with van der Waals surface area (Å²) in [6.07, 6.45) is 5.11. The fraction of sp³-hybridized carbons (Fsp3) is 0.643. The molecule has 4 heteroatoms. The summed E-state index contributed by atoms with van der Waals surface area (Å²) in [7, 11) is 0. The largest absolute Gasteiger partial charge is 0.354 e. The molecule has 1 aromatic heterocycles. The van der Waals surface area contributed by atoms with E-state index < -0.39 is 0 Å². The van der Waals surface area contributed by atoms with Gasteiger partial charge in [0.15, 0.2) is 0 Å². The zero-order valence-corrected chi connectivity index (χ0v) is 11.6. The van der Waals surface area contributed by atoms with Gasteiger partial charge in [-0.3, -0.25) is 0 Å². The molecule has 1 saturated heterocycles. The van der Waals surface area contributed by atoms with E-state index in [-0.39, 0.29) is 0 Å². The maximum Gasteiger partial charge on any atom is 0.129 e. The second kappa shape index (κ2) is 5.06. The van der Waals surface area contributed by atoms with Crippen molar-refractivity contribution in [3.63, 3.8) is 0 Å². The lowest BCUT2D eigenvalue weighted by Gasteiger charge is -2.23. The molecular weight excluding hydrogens is 246 g/mol. The molecule has 1 N–H and O–H groups in total. The van der Waals surface area contributed by atoms with Gasteiger partial charge in [-0.1, -0.05) is 11.6 Å². The molecule has 0 spiro atoms. The van der Waals surface area contributed by atoms with Crippen molar-refractivity contribution < 1.29 is 0 Å². The third-order valence-electron chi connectivity index (χ3n) is 3.89. The molecule has 1 aromatic rings. The first-order valence-electron chi connectivity index (χ1n) is 6.89. The third kappa shape index (κ3) is 2.62. The van der Waals surface area contributed by atoms with Gasteiger partial charge in [-0.25, -0.2) is 4.98 Å². The second-order valence-electron chi connectivity index (χ2n) is 5.44. The van der Waals surface area contributed by atoms with Crippen LogP contribution >= 0.6 is 11.6 Å². The Morgan fingerprint density at radius 3 is 2.89 bits per heavy atom. The fourth-order valence-corrected chi connectivity index (χ4v) is 2.73. The van der Waals surface area contributed by atoms with E-state index in [1.807, 2.05) is 12.1 Å². The van der Waals surface area contributed by atoms with Gasteiger partial charge in [-0.05, 0) is 44.7 Å². The van der Waals surface area contributed by atoms with Gasteiger partial charge < -0.3 is 10.2 Å². The van der Waals surface area contributed by atoms with Crippen molar-refractivity contribution in [2.75, 3.05) is 11.4 Å². The van der Waals surface area contributed by atoms with Gasteiger partial charge in [0.1, 0.15) is 5.82 Å². The van der Waals surface area contributed by atoms with Crippen LogP contribution in [0.2, 0.25) is 5.02 Å². The SMILES string of the molecule is CC1CCCN1c1ccc(Cl)c(CNC2CC2)n1. The van der Waals surface area contributed by atoms with Crippen LogP contribution in [0, 0.1) is 0 Å². The molecule has 1 atom stereocenters. The molecule has 0 amide bonds. The van der Waals surface area contributed by atoms with Gasteiger partial charge in [-0.2, -0.15) is 0 Å². The number of rotatable bonds is 4. The number of nitrogens with one attached hydrogen (secondary N) is 1. The number of hydrogen-bond donors (Lipinski definition) is 1. The summed E-state index contributed by atoms with van der Waals surface area (Å²) in [5.41, 5.74) is 0.986. The van der Waals surface area contributed by atoms with Gasteiger partial charge in [-0.15, -0.1) is 0 Å². The van der Waals surface area contributed by atoms with Crippen molar-refractivity contribution >= 4 is 17.4 Å². The molecule has 18 heavy (non-hydrogen) atoms. The molecule has 2 heterocycles. The Bertz CT molecular complexity index is 431. The highest BCUT2D eigenvalue weighted by atomic mass is 35.5. The van der Waals surface area contributed by atoms with E-state index in [0.717, 1.165) is 29.6 Å². The lowest BCUT2D eigenvalue weighted by Crippen LogP contribution is -2.27. The Labute approximate surface area is 114 Å². The van der Waals surface area contributed by atoms with Crippen LogP contribution in [0.5, 0.6) is 0 Å². The quantitative estimate of drug-likeness (QED) is 0.907. The molecule has 0 radical (unpaired) electrons. The van der Waals surface area contributed by atoms with Crippen LogP contribution < -0.4 is 10.2 Å². The fourth-order valence-electron chi connectivity index (χ4n) is 2.56. The van der Waals surface area contributed by atoms with E-state index in [4.69, 9.17) is 16.6 Å². The zero-order chi connectivity index (χ0) is 12.5. The normalized spacial score (nSPS) is 23.7. The van der Waals surface area contributed by atoms with Gasteiger partial charge >= 0.3 is 0 Å². The van der Waals surface area contributed by atoms with Crippen molar-refractivity contribution in [1.29, 1.82) is 0 Å². The molecule has 1 unspecified atom stereocenters. The predicted molar refractivity (Wildman–Crippen MR) is 75.2 cm³/mol. The average Bonchev–Trinajstić information content (AvgIpc) is 3.10. The van der Waals surface area contributed by atoms with Crippen molar-refractivity contribution in [2.24, 2.45) is 0 Å². The molecular formula is C14H20ClN3. The number of anilines is 1. The average molecular weight is 266 g/mol. The summed E-state index contributed by atoms with van der Waals surface area (Å²) in [5.74, 6) is 1.08. The number of pyridine rings is 1. The highest BCUT2D eigenvalue weighted by Crippen LogP contribution is 2.26. The molecule has 3 rings (SSSR count). The first-order valence-corrected chi connectivity index (χ1v) is 7.27. The first-order chi connectivity index (χ1) is 8.74. The topological polar surface area (TPSA) is 28.2 Å². The van der Waals surface area contributed by atoms with Crippen molar-refractivity contribution in [2.45, 2.75) is 51.2 Å². The number of hydrogen-bond acceptors (Lipinski definition) is 3. The van der Waals surface area contributed by atoms with E-state index in [1.54, 1.807) is 0 Å². The lowest BCUT2D eigenvalue weighted by atomic mass is 10.2. The van der Waals surface area contributed by atoms with E-state index in [0.29, 0.717) is 12.1 Å². The summed E-state index contributed by atoms with van der Waals surface area (Å²) in [4.78, 5) is 7.12. The standard InChI is InChI=1S/C14H20ClN3/c1-10-3-2-8-18(10)14-7-6-12(15)13(17-14)9-16-11-4-5-11/h6-7,10-11,16H,2-5,8-9H2,1H3. The molecule has 1 saturated carbocycles. The summed E-state index contributed by atoms with van der Waals surface area (Å²) in [6, 6.07) is 5.32. The summed E-state index contributed by atoms with van der Waals surface area (Å²) in [6.45, 7) is 4.18. The number of aromatic nitrogens is 1. The van der Waals surface area contributed by atoms with Gasteiger partial charge in [0.2, 0.25) is 0 Å². The highest BCUT2D eigenvalue weighted by molar-refractivity contribution is 6.31. The van der Waals surface area contributed by atoms with Crippen molar-refractivity contribution in [3.8, 4) is 0 Å². The molecule has 0 aromatic carbocycles. The minimum Gasteiger partial charge on any atom is -0.354 e. The minimum atomic E-state index is 0.600. The molecule has 1 aliphatic carbocycles. The Morgan fingerprint density at radius 1 is 1.39 bits per heavy atom. The molecule has 0 bridgehead atoms. The van der Waals surface area contributed by atoms with Gasteiger partial charge in [0, 0.05) is 25.2 Å². The zero-order valence-electron chi connectivity index (χ0n) is 10.8. The summed E-state index contributed by atoms with van der Waals surface area (Å²) < 4.78 is 0. The Balaban J connectivity index is 1.75. The second-order valence-corrected chi connectivity index (χ2v) is 5.84. The smallest absolute Gasteiger partial charge is 0.129 e. The summed E-state index contributed by atoms with van der Waals surface area (Å²) >= 11 is 6.22. The molecule has 3 nitrogen and oxygen atoms in total. The summed E-state index contributed by atoms with van der Waals surface area (Å²) in [5, 5.41) is 4.25. The van der Waals surface area contributed by atoms with E-state index in [2.05, 4.69) is 17.1 Å². The Morgan fingerprint density at radius 2 is 2.22 bits per heavy atom. The monoisotopic (exact) mass is 265 g/mol.